The van der Waals surface area contributed by atoms with E-state index in [2.05, 4.69) is 5.32 Å². The lowest BCUT2D eigenvalue weighted by atomic mass is 9.96. The minimum absolute atomic E-state index is 0.0176. The molecule has 1 fully saturated rings. The van der Waals surface area contributed by atoms with E-state index in [0.29, 0.717) is 31.1 Å². The van der Waals surface area contributed by atoms with Crippen LogP contribution in [0.1, 0.15) is 29.6 Å². The summed E-state index contributed by atoms with van der Waals surface area (Å²) in [5.41, 5.74) is 0.310. The highest BCUT2D eigenvalue weighted by atomic mass is 16.5. The van der Waals surface area contributed by atoms with Crippen molar-refractivity contribution < 1.29 is 28.9 Å². The number of hydrogen-bond donors (Lipinski definition) is 2. The molecule has 2 N–H and O–H groups in total. The van der Waals surface area contributed by atoms with Gasteiger partial charge in [-0.2, -0.15) is 0 Å². The Labute approximate surface area is 134 Å². The molecule has 0 aliphatic carbocycles. The summed E-state index contributed by atoms with van der Waals surface area (Å²) < 4.78 is 15.7. The molecular weight excluding hydrogens is 302 g/mol. The summed E-state index contributed by atoms with van der Waals surface area (Å²) in [5, 5.41) is 11.9. The number of carbonyl (C=O) groups excluding carboxylic acids is 1. The van der Waals surface area contributed by atoms with E-state index in [-0.39, 0.29) is 23.1 Å². The molecule has 1 aliphatic heterocycles. The molecular formula is C16H21NO6. The van der Waals surface area contributed by atoms with Crippen LogP contribution in [0, 0.1) is 5.92 Å². The number of benzene rings is 1. The number of anilines is 1. The van der Waals surface area contributed by atoms with Gasteiger partial charge < -0.3 is 24.6 Å². The molecule has 0 spiro atoms. The lowest BCUT2D eigenvalue weighted by Crippen LogP contribution is -2.22. The number of carbonyl (C=O) groups is 2. The molecule has 1 aliphatic rings. The number of amides is 1. The van der Waals surface area contributed by atoms with Gasteiger partial charge in [0.2, 0.25) is 5.91 Å². The summed E-state index contributed by atoms with van der Waals surface area (Å²) in [7, 11) is 2.85. The minimum Gasteiger partial charge on any atom is -0.493 e. The number of rotatable bonds is 6. The second-order valence-corrected chi connectivity index (χ2v) is 5.37. The van der Waals surface area contributed by atoms with Crippen molar-refractivity contribution in [1.82, 2.24) is 0 Å². The second-order valence-electron chi connectivity index (χ2n) is 5.37. The van der Waals surface area contributed by atoms with Crippen LogP contribution in [0.25, 0.3) is 0 Å². The highest BCUT2D eigenvalue weighted by molar-refractivity contribution is 5.96. The summed E-state index contributed by atoms with van der Waals surface area (Å²) in [6.45, 7) is 1.34. The van der Waals surface area contributed by atoms with Crippen molar-refractivity contribution in [3.8, 4) is 11.5 Å². The molecule has 1 aromatic rings. The largest absolute Gasteiger partial charge is 0.493 e. The SMILES string of the molecule is COc1cc(C(=O)O)cc(NC(=O)CC2CCOCC2)c1OC. The zero-order valence-corrected chi connectivity index (χ0v) is 13.3. The zero-order chi connectivity index (χ0) is 16.8. The van der Waals surface area contributed by atoms with Gasteiger partial charge in [-0.05, 0) is 30.9 Å². The Hall–Kier alpha value is -2.28. The maximum Gasteiger partial charge on any atom is 0.335 e. The molecule has 1 heterocycles. The highest BCUT2D eigenvalue weighted by Gasteiger charge is 2.21. The number of hydrogen-bond acceptors (Lipinski definition) is 5. The molecule has 0 bridgehead atoms. The standard InChI is InChI=1S/C16H21NO6/c1-21-13-9-11(16(19)20)8-12(15(13)22-2)17-14(18)7-10-3-5-23-6-4-10/h8-10H,3-7H2,1-2H3,(H,17,18)(H,19,20). The predicted octanol–water partition coefficient (Wildman–Crippen LogP) is 2.16. The molecule has 0 saturated carbocycles. The lowest BCUT2D eigenvalue weighted by molar-refractivity contribution is -0.117. The molecule has 1 amide bonds. The molecule has 0 aromatic heterocycles. The molecule has 126 valence electrons. The Bertz CT molecular complexity index is 580. The third-order valence-corrected chi connectivity index (χ3v) is 3.81. The van der Waals surface area contributed by atoms with Crippen molar-refractivity contribution >= 4 is 17.6 Å². The van der Waals surface area contributed by atoms with Gasteiger partial charge in [0.05, 0.1) is 25.5 Å². The van der Waals surface area contributed by atoms with Crippen LogP contribution in [0.3, 0.4) is 0 Å². The first kappa shape index (κ1) is 17.1. The van der Waals surface area contributed by atoms with E-state index in [1.165, 1.54) is 26.4 Å². The zero-order valence-electron chi connectivity index (χ0n) is 13.3. The Kier molecular flexibility index (Phi) is 5.81. The van der Waals surface area contributed by atoms with Crippen LogP contribution in [0.4, 0.5) is 5.69 Å². The summed E-state index contributed by atoms with van der Waals surface area (Å²) >= 11 is 0. The van der Waals surface area contributed by atoms with Gasteiger partial charge >= 0.3 is 5.97 Å². The molecule has 2 rings (SSSR count). The van der Waals surface area contributed by atoms with Crippen molar-refractivity contribution in [1.29, 1.82) is 0 Å². The van der Waals surface area contributed by atoms with E-state index in [4.69, 9.17) is 19.3 Å². The monoisotopic (exact) mass is 323 g/mol. The fraction of sp³-hybridized carbons (Fsp3) is 0.500. The molecule has 0 unspecified atom stereocenters. The maximum atomic E-state index is 12.2. The first-order chi connectivity index (χ1) is 11.0. The van der Waals surface area contributed by atoms with Crippen LogP contribution in [0.5, 0.6) is 11.5 Å². The van der Waals surface area contributed by atoms with Crippen LogP contribution < -0.4 is 14.8 Å². The third kappa shape index (κ3) is 4.35. The van der Waals surface area contributed by atoms with E-state index in [0.717, 1.165) is 12.8 Å². The number of methoxy groups -OCH3 is 2. The predicted molar refractivity (Wildman–Crippen MR) is 83.3 cm³/mol. The number of aromatic carboxylic acids is 1. The van der Waals surface area contributed by atoms with Gasteiger partial charge in [-0.25, -0.2) is 4.79 Å². The number of ether oxygens (including phenoxy) is 3. The maximum absolute atomic E-state index is 12.2. The first-order valence-corrected chi connectivity index (χ1v) is 7.42. The van der Waals surface area contributed by atoms with Crippen LogP contribution in [0.2, 0.25) is 0 Å². The molecule has 1 saturated heterocycles. The number of carboxylic acids is 1. The molecule has 0 atom stereocenters. The van der Waals surface area contributed by atoms with Crippen molar-refractivity contribution in [2.75, 3.05) is 32.8 Å². The quantitative estimate of drug-likeness (QED) is 0.833. The normalized spacial score (nSPS) is 15.0. The Morgan fingerprint density at radius 1 is 1.26 bits per heavy atom. The van der Waals surface area contributed by atoms with Crippen LogP contribution in [-0.2, 0) is 9.53 Å². The fourth-order valence-corrected chi connectivity index (χ4v) is 2.59. The van der Waals surface area contributed by atoms with E-state index in [1.807, 2.05) is 0 Å². The van der Waals surface area contributed by atoms with Gasteiger partial charge in [-0.3, -0.25) is 4.79 Å². The van der Waals surface area contributed by atoms with Gasteiger partial charge in [-0.15, -0.1) is 0 Å². The molecule has 23 heavy (non-hydrogen) atoms. The number of carboxylic acid groups (broad SMARTS) is 1. The van der Waals surface area contributed by atoms with Crippen molar-refractivity contribution in [3.63, 3.8) is 0 Å². The Morgan fingerprint density at radius 2 is 1.96 bits per heavy atom. The second kappa shape index (κ2) is 7.82. The van der Waals surface area contributed by atoms with E-state index in [1.54, 1.807) is 0 Å². The van der Waals surface area contributed by atoms with Gasteiger partial charge in [-0.1, -0.05) is 0 Å². The van der Waals surface area contributed by atoms with Crippen molar-refractivity contribution in [3.05, 3.63) is 17.7 Å². The summed E-state index contributed by atoms with van der Waals surface area (Å²) in [5.74, 6) is -0.448. The average Bonchev–Trinajstić information content (AvgIpc) is 2.54. The fourth-order valence-electron chi connectivity index (χ4n) is 2.59. The van der Waals surface area contributed by atoms with E-state index in [9.17, 15) is 9.59 Å². The summed E-state index contributed by atoms with van der Waals surface area (Å²) in [6.07, 6.45) is 2.07. The minimum atomic E-state index is -1.11. The van der Waals surface area contributed by atoms with E-state index >= 15 is 0 Å². The third-order valence-electron chi connectivity index (χ3n) is 3.81. The Balaban J connectivity index is 2.17. The van der Waals surface area contributed by atoms with Gasteiger partial charge in [0.15, 0.2) is 11.5 Å². The van der Waals surface area contributed by atoms with Gasteiger partial charge in [0.1, 0.15) is 0 Å². The van der Waals surface area contributed by atoms with Gasteiger partial charge in [0.25, 0.3) is 0 Å². The smallest absolute Gasteiger partial charge is 0.335 e. The number of nitrogens with one attached hydrogen (secondary N) is 1. The van der Waals surface area contributed by atoms with Crippen LogP contribution in [-0.4, -0.2) is 44.4 Å². The molecule has 7 heteroatoms. The van der Waals surface area contributed by atoms with Crippen molar-refractivity contribution in [2.24, 2.45) is 5.92 Å². The van der Waals surface area contributed by atoms with Crippen molar-refractivity contribution in [2.45, 2.75) is 19.3 Å². The molecule has 0 radical (unpaired) electrons. The highest BCUT2D eigenvalue weighted by Crippen LogP contribution is 2.37. The first-order valence-electron chi connectivity index (χ1n) is 7.42. The summed E-state index contributed by atoms with van der Waals surface area (Å²) in [4.78, 5) is 23.4. The molecule has 7 nitrogen and oxygen atoms in total. The van der Waals surface area contributed by atoms with Crippen LogP contribution in [0.15, 0.2) is 12.1 Å². The van der Waals surface area contributed by atoms with Crippen LogP contribution >= 0.6 is 0 Å². The topological polar surface area (TPSA) is 94.1 Å². The summed E-state index contributed by atoms with van der Waals surface area (Å²) in [6, 6.07) is 2.72. The lowest BCUT2D eigenvalue weighted by Gasteiger charge is -2.22. The molecule has 1 aromatic carbocycles. The van der Waals surface area contributed by atoms with Gasteiger partial charge in [0, 0.05) is 19.6 Å². The van der Waals surface area contributed by atoms with E-state index < -0.39 is 5.97 Å². The Morgan fingerprint density at radius 3 is 2.52 bits per heavy atom. The average molecular weight is 323 g/mol.